The first-order valence-electron chi connectivity index (χ1n) is 9.48. The van der Waals surface area contributed by atoms with Crippen LogP contribution in [-0.2, 0) is 6.18 Å². The third kappa shape index (κ3) is 3.96. The molecule has 0 amide bonds. The van der Waals surface area contributed by atoms with Gasteiger partial charge >= 0.3 is 6.18 Å². The lowest BCUT2D eigenvalue weighted by atomic mass is 10.1. The van der Waals surface area contributed by atoms with Gasteiger partial charge in [0.1, 0.15) is 5.82 Å². The largest absolute Gasteiger partial charge is 0.463 e. The Bertz CT molecular complexity index is 921. The third-order valence-electron chi connectivity index (χ3n) is 5.21. The van der Waals surface area contributed by atoms with Crippen molar-refractivity contribution < 1.29 is 22.5 Å². The normalized spacial score (nSPS) is 17.0. The van der Waals surface area contributed by atoms with Crippen LogP contribution in [0.15, 0.2) is 47.1 Å². The number of halogens is 3. The van der Waals surface area contributed by atoms with E-state index < -0.39 is 12.0 Å². The third-order valence-corrected chi connectivity index (χ3v) is 5.21. The number of likely N-dealkylation sites (tertiary alicyclic amines) is 1. The molecule has 1 aliphatic heterocycles. The molecule has 4 rings (SSSR count). The molecule has 1 atom stereocenters. The second kappa shape index (κ2) is 7.79. The highest BCUT2D eigenvalue weighted by Gasteiger charge is 2.36. The van der Waals surface area contributed by atoms with Crippen LogP contribution in [0.2, 0.25) is 0 Å². The molecular weight excluding hydrogens is 369 g/mol. The molecule has 2 N–H and O–H groups in total. The summed E-state index contributed by atoms with van der Waals surface area (Å²) in [6, 6.07) is 10.5. The van der Waals surface area contributed by atoms with E-state index in [0.717, 1.165) is 31.7 Å². The predicted molar refractivity (Wildman–Crippen MR) is 99.0 cm³/mol. The summed E-state index contributed by atoms with van der Waals surface area (Å²) in [5, 5.41) is 3.73. The van der Waals surface area contributed by atoms with Gasteiger partial charge in [0.15, 0.2) is 11.8 Å². The van der Waals surface area contributed by atoms with Gasteiger partial charge in [-0.3, -0.25) is 0 Å². The zero-order valence-electron chi connectivity index (χ0n) is 15.3. The summed E-state index contributed by atoms with van der Waals surface area (Å²) in [6.45, 7) is 2.47. The molecule has 3 aromatic rings. The van der Waals surface area contributed by atoms with E-state index >= 15 is 0 Å². The maximum atomic E-state index is 13.2. The average Bonchev–Trinajstić information content (AvgIpc) is 3.22. The van der Waals surface area contributed by atoms with Crippen LogP contribution < -0.4 is 10.2 Å². The van der Waals surface area contributed by atoms with E-state index in [-0.39, 0.29) is 17.4 Å². The summed E-state index contributed by atoms with van der Waals surface area (Å²) < 4.78 is 45.3. The Kier molecular flexibility index (Phi) is 5.21. The number of anilines is 1. The molecule has 1 fully saturated rings. The number of piperidine rings is 1. The highest BCUT2D eigenvalue weighted by Crippen LogP contribution is 2.30. The Balaban J connectivity index is 1.64. The van der Waals surface area contributed by atoms with Crippen LogP contribution in [0.5, 0.6) is 0 Å². The first kappa shape index (κ1) is 18.7. The molecule has 1 aliphatic rings. The van der Waals surface area contributed by atoms with Crippen LogP contribution in [0, 0.1) is 0 Å². The number of nitrogens with one attached hydrogen (secondary N) is 2. The summed E-state index contributed by atoms with van der Waals surface area (Å²) in [4.78, 5) is 8.84. The number of alkyl halides is 3. The van der Waals surface area contributed by atoms with Crippen LogP contribution >= 0.6 is 0 Å². The first-order chi connectivity index (χ1) is 13.5. The minimum absolute atomic E-state index is 0.0124. The zero-order valence-corrected chi connectivity index (χ0v) is 15.3. The minimum atomic E-state index is -4.60. The molecule has 0 spiro atoms. The molecule has 0 saturated carbocycles. The number of nitrogens with zero attached hydrogens (tertiary/aromatic N) is 2. The number of benzene rings is 1. The standard InChI is InChI=1S/C20H21F3N4O/c21-20(22,23)19-25-15-8-3-2-7-14(15)18(26-19)24-13-16(17-9-6-12-28-17)27-10-4-1-5-11-27/h2-3,6-9,12,16H,1,4-5,10-11,13H2,(H,24,25,26)/p+1/t16-/m0/s1. The second-order valence-corrected chi connectivity index (χ2v) is 7.08. The molecule has 148 valence electrons. The second-order valence-electron chi connectivity index (χ2n) is 7.08. The van der Waals surface area contributed by atoms with Gasteiger partial charge in [0.25, 0.3) is 0 Å². The quantitative estimate of drug-likeness (QED) is 0.699. The van der Waals surface area contributed by atoms with E-state index in [0.29, 0.717) is 11.9 Å². The van der Waals surface area contributed by atoms with Gasteiger partial charge < -0.3 is 14.6 Å². The average molecular weight is 391 g/mol. The summed E-state index contributed by atoms with van der Waals surface area (Å²) in [7, 11) is 0. The van der Waals surface area contributed by atoms with Gasteiger partial charge in [0, 0.05) is 5.39 Å². The Morgan fingerprint density at radius 3 is 2.54 bits per heavy atom. The van der Waals surface area contributed by atoms with Gasteiger partial charge in [0.2, 0.25) is 5.82 Å². The van der Waals surface area contributed by atoms with Crippen molar-refractivity contribution in [2.45, 2.75) is 31.5 Å². The molecule has 1 aromatic carbocycles. The van der Waals surface area contributed by atoms with Gasteiger partial charge in [-0.15, -0.1) is 0 Å². The van der Waals surface area contributed by atoms with E-state index in [9.17, 15) is 13.2 Å². The zero-order chi connectivity index (χ0) is 19.6. The number of rotatable bonds is 5. The first-order valence-corrected chi connectivity index (χ1v) is 9.48. The Morgan fingerprint density at radius 1 is 1.04 bits per heavy atom. The van der Waals surface area contributed by atoms with Crippen molar-refractivity contribution in [3.63, 3.8) is 0 Å². The van der Waals surface area contributed by atoms with Gasteiger partial charge in [-0.1, -0.05) is 12.1 Å². The van der Waals surface area contributed by atoms with E-state index in [1.807, 2.05) is 12.1 Å². The van der Waals surface area contributed by atoms with Gasteiger partial charge in [0.05, 0.1) is 31.4 Å². The molecule has 28 heavy (non-hydrogen) atoms. The van der Waals surface area contributed by atoms with Crippen LogP contribution in [0.25, 0.3) is 10.9 Å². The summed E-state index contributed by atoms with van der Waals surface area (Å²) >= 11 is 0. The predicted octanol–water partition coefficient (Wildman–Crippen LogP) is 3.46. The van der Waals surface area contributed by atoms with Crippen LogP contribution in [0.4, 0.5) is 19.0 Å². The Labute approximate surface area is 160 Å². The van der Waals surface area contributed by atoms with Gasteiger partial charge in [-0.2, -0.15) is 13.2 Å². The number of aromatic nitrogens is 2. The van der Waals surface area contributed by atoms with E-state index in [1.165, 1.54) is 11.3 Å². The maximum absolute atomic E-state index is 13.2. The van der Waals surface area contributed by atoms with Crippen molar-refractivity contribution in [1.82, 2.24) is 9.97 Å². The van der Waals surface area contributed by atoms with E-state index in [1.54, 1.807) is 30.5 Å². The lowest BCUT2D eigenvalue weighted by Crippen LogP contribution is -3.13. The highest BCUT2D eigenvalue weighted by atomic mass is 19.4. The number of furan rings is 1. The topological polar surface area (TPSA) is 55.4 Å². The van der Waals surface area contributed by atoms with E-state index in [2.05, 4.69) is 15.3 Å². The van der Waals surface area contributed by atoms with Crippen molar-refractivity contribution in [2.24, 2.45) is 0 Å². The molecule has 0 unspecified atom stereocenters. The molecule has 1 saturated heterocycles. The fourth-order valence-electron chi connectivity index (χ4n) is 3.83. The fraction of sp³-hybridized carbons (Fsp3) is 0.400. The lowest BCUT2D eigenvalue weighted by molar-refractivity contribution is -0.935. The molecule has 2 aromatic heterocycles. The van der Waals surface area contributed by atoms with E-state index in [4.69, 9.17) is 4.42 Å². The lowest BCUT2D eigenvalue weighted by Gasteiger charge is -2.30. The van der Waals surface area contributed by atoms with Gasteiger partial charge in [-0.25, -0.2) is 9.97 Å². The van der Waals surface area contributed by atoms with Crippen LogP contribution in [0.1, 0.15) is 36.9 Å². The van der Waals surface area contributed by atoms with Crippen molar-refractivity contribution >= 4 is 16.7 Å². The number of para-hydroxylation sites is 1. The number of hydrogen-bond donors (Lipinski definition) is 2. The monoisotopic (exact) mass is 391 g/mol. The van der Waals surface area contributed by atoms with Gasteiger partial charge in [-0.05, 0) is 43.5 Å². The fourth-order valence-corrected chi connectivity index (χ4v) is 3.83. The molecule has 0 aliphatic carbocycles. The van der Waals surface area contributed by atoms with Crippen LogP contribution in [-0.4, -0.2) is 29.6 Å². The molecule has 3 heterocycles. The highest BCUT2D eigenvalue weighted by molar-refractivity contribution is 5.89. The number of hydrogen-bond acceptors (Lipinski definition) is 4. The van der Waals surface area contributed by atoms with Crippen molar-refractivity contribution in [2.75, 3.05) is 25.0 Å². The number of fused-ring (bicyclic) bond motifs is 1. The maximum Gasteiger partial charge on any atom is 0.451 e. The number of quaternary nitrogens is 1. The summed E-state index contributed by atoms with van der Waals surface area (Å²) in [6.07, 6.45) is 0.530. The molecule has 5 nitrogen and oxygen atoms in total. The molecule has 8 heteroatoms. The molecular formula is C20H22F3N4O+. The summed E-state index contributed by atoms with van der Waals surface area (Å²) in [5.41, 5.74) is 0.271. The molecule has 0 radical (unpaired) electrons. The Morgan fingerprint density at radius 2 is 1.82 bits per heavy atom. The summed E-state index contributed by atoms with van der Waals surface area (Å²) in [5.74, 6) is -0.0988. The molecule has 0 bridgehead atoms. The van der Waals surface area contributed by atoms with Crippen LogP contribution in [0.3, 0.4) is 0 Å². The Hall–Kier alpha value is -2.61. The van der Waals surface area contributed by atoms with Crippen molar-refractivity contribution in [3.05, 3.63) is 54.2 Å². The smallest absolute Gasteiger partial charge is 0.451 e. The van der Waals surface area contributed by atoms with Crippen molar-refractivity contribution in [3.8, 4) is 0 Å². The van der Waals surface area contributed by atoms with Crippen molar-refractivity contribution in [1.29, 1.82) is 0 Å². The minimum Gasteiger partial charge on any atom is -0.463 e. The SMILES string of the molecule is FC(F)(F)c1nc(NC[C@@H](c2ccco2)[NH+]2CCCCC2)c2ccccc2n1.